The average molecular weight is 407 g/mol. The molecule has 0 saturated carbocycles. The number of sulfonamides is 1. The molecular weight excluding hydrogens is 388 g/mol. The predicted octanol–water partition coefficient (Wildman–Crippen LogP) is 2.16. The molecule has 0 radical (unpaired) electrons. The van der Waals surface area contributed by atoms with Gasteiger partial charge in [-0.1, -0.05) is 23.7 Å². The Kier molecular flexibility index (Phi) is 6.04. The standard InChI is InChI=1S/C17H19ClN6O2S/c1-13-22-16(11-17(23-13)24-10-2-7-20-24)19-8-9-21-27(25,26)12-14-3-5-15(18)6-4-14/h2-7,10-11,21H,8-9,12H2,1H3,(H,19,22,23). The number of benzene rings is 1. The molecule has 2 heterocycles. The summed E-state index contributed by atoms with van der Waals surface area (Å²) < 4.78 is 28.5. The molecular formula is C17H19ClN6O2S. The number of anilines is 1. The second-order valence-corrected chi connectivity index (χ2v) is 8.06. The SMILES string of the molecule is Cc1nc(NCCNS(=O)(=O)Cc2ccc(Cl)cc2)cc(-n2cccn2)n1. The smallest absolute Gasteiger partial charge is 0.215 e. The molecule has 0 aliphatic rings. The van der Waals surface area contributed by atoms with E-state index in [1.165, 1.54) is 0 Å². The molecule has 8 nitrogen and oxygen atoms in total. The molecule has 0 aliphatic heterocycles. The van der Waals surface area contributed by atoms with E-state index < -0.39 is 10.0 Å². The second kappa shape index (κ2) is 8.47. The summed E-state index contributed by atoms with van der Waals surface area (Å²) in [6, 6.07) is 10.3. The summed E-state index contributed by atoms with van der Waals surface area (Å²) in [5.74, 6) is 1.73. The predicted molar refractivity (Wildman–Crippen MR) is 104 cm³/mol. The van der Waals surface area contributed by atoms with Crippen LogP contribution in [0.3, 0.4) is 0 Å². The second-order valence-electron chi connectivity index (χ2n) is 5.82. The van der Waals surface area contributed by atoms with Crippen LogP contribution in [0.25, 0.3) is 5.82 Å². The molecule has 1 aromatic carbocycles. The molecule has 3 aromatic rings. The maximum Gasteiger partial charge on any atom is 0.215 e. The minimum atomic E-state index is -3.43. The first-order valence-corrected chi connectivity index (χ1v) is 10.3. The van der Waals surface area contributed by atoms with Crippen molar-refractivity contribution < 1.29 is 8.42 Å². The Bertz CT molecular complexity index is 991. The van der Waals surface area contributed by atoms with Crippen molar-refractivity contribution in [2.24, 2.45) is 0 Å². The van der Waals surface area contributed by atoms with Gasteiger partial charge < -0.3 is 5.32 Å². The highest BCUT2D eigenvalue weighted by atomic mass is 35.5. The highest BCUT2D eigenvalue weighted by Gasteiger charge is 2.11. The molecule has 0 bridgehead atoms. The molecule has 2 aromatic heterocycles. The van der Waals surface area contributed by atoms with E-state index in [9.17, 15) is 8.42 Å². The van der Waals surface area contributed by atoms with E-state index in [2.05, 4.69) is 25.1 Å². The Labute approximate surface area is 162 Å². The first kappa shape index (κ1) is 19.3. The lowest BCUT2D eigenvalue weighted by Gasteiger charge is -2.10. The van der Waals surface area contributed by atoms with Gasteiger partial charge in [0.05, 0.1) is 5.75 Å². The number of nitrogens with zero attached hydrogens (tertiary/aromatic N) is 4. The van der Waals surface area contributed by atoms with Crippen LogP contribution in [-0.4, -0.2) is 41.3 Å². The molecule has 0 saturated heterocycles. The van der Waals surface area contributed by atoms with Crippen molar-refractivity contribution in [3.63, 3.8) is 0 Å². The monoisotopic (exact) mass is 406 g/mol. The Balaban J connectivity index is 1.53. The fourth-order valence-corrected chi connectivity index (χ4v) is 3.68. The third-order valence-electron chi connectivity index (χ3n) is 3.59. The molecule has 3 rings (SSSR count). The van der Waals surface area contributed by atoms with Gasteiger partial charge in [0.1, 0.15) is 11.6 Å². The molecule has 0 atom stereocenters. The molecule has 0 spiro atoms. The lowest BCUT2D eigenvalue weighted by Crippen LogP contribution is -2.30. The summed E-state index contributed by atoms with van der Waals surface area (Å²) in [7, 11) is -3.43. The number of rotatable bonds is 8. The Hall–Kier alpha value is -2.49. The Morgan fingerprint density at radius 3 is 2.63 bits per heavy atom. The lowest BCUT2D eigenvalue weighted by molar-refractivity contribution is 0.582. The molecule has 27 heavy (non-hydrogen) atoms. The molecule has 142 valence electrons. The van der Waals surface area contributed by atoms with Gasteiger partial charge in [-0.25, -0.2) is 27.8 Å². The van der Waals surface area contributed by atoms with E-state index >= 15 is 0 Å². The summed E-state index contributed by atoms with van der Waals surface area (Å²) in [4.78, 5) is 8.63. The topological polar surface area (TPSA) is 102 Å². The summed E-state index contributed by atoms with van der Waals surface area (Å²) in [5.41, 5.74) is 0.676. The number of aryl methyl sites for hydroxylation is 1. The van der Waals surface area contributed by atoms with Gasteiger partial charge in [-0.05, 0) is 30.7 Å². The van der Waals surface area contributed by atoms with Gasteiger partial charge in [0, 0.05) is 36.6 Å². The van der Waals surface area contributed by atoms with Crippen LogP contribution in [0.15, 0.2) is 48.8 Å². The third-order valence-corrected chi connectivity index (χ3v) is 5.20. The third kappa shape index (κ3) is 5.75. The maximum atomic E-state index is 12.2. The summed E-state index contributed by atoms with van der Waals surface area (Å²) >= 11 is 5.81. The Morgan fingerprint density at radius 1 is 1.15 bits per heavy atom. The maximum absolute atomic E-state index is 12.2. The zero-order chi connectivity index (χ0) is 19.3. The van der Waals surface area contributed by atoms with E-state index in [1.807, 2.05) is 0 Å². The molecule has 0 amide bonds. The van der Waals surface area contributed by atoms with Gasteiger partial charge in [0.2, 0.25) is 10.0 Å². The fraction of sp³-hybridized carbons (Fsp3) is 0.235. The van der Waals surface area contributed by atoms with Crippen molar-refractivity contribution in [1.82, 2.24) is 24.5 Å². The highest BCUT2D eigenvalue weighted by molar-refractivity contribution is 7.88. The molecule has 0 aliphatic carbocycles. The van der Waals surface area contributed by atoms with Crippen molar-refractivity contribution in [2.45, 2.75) is 12.7 Å². The summed E-state index contributed by atoms with van der Waals surface area (Å²) in [6.07, 6.45) is 3.45. The van der Waals surface area contributed by atoms with Gasteiger partial charge in [-0.3, -0.25) is 0 Å². The minimum absolute atomic E-state index is 0.0970. The van der Waals surface area contributed by atoms with Gasteiger partial charge in [0.25, 0.3) is 0 Å². The lowest BCUT2D eigenvalue weighted by atomic mass is 10.2. The zero-order valence-electron chi connectivity index (χ0n) is 14.6. The van der Waals surface area contributed by atoms with Gasteiger partial charge >= 0.3 is 0 Å². The number of hydrogen-bond donors (Lipinski definition) is 2. The molecule has 0 fully saturated rings. The van der Waals surface area contributed by atoms with Crippen LogP contribution >= 0.6 is 11.6 Å². The largest absolute Gasteiger partial charge is 0.369 e. The van der Waals surface area contributed by atoms with Crippen LogP contribution in [-0.2, 0) is 15.8 Å². The van der Waals surface area contributed by atoms with E-state index in [0.29, 0.717) is 34.6 Å². The van der Waals surface area contributed by atoms with Gasteiger partial charge in [0.15, 0.2) is 5.82 Å². The van der Waals surface area contributed by atoms with Crippen molar-refractivity contribution in [3.8, 4) is 5.82 Å². The van der Waals surface area contributed by atoms with E-state index in [0.717, 1.165) is 0 Å². The van der Waals surface area contributed by atoms with Crippen molar-refractivity contribution >= 4 is 27.4 Å². The van der Waals surface area contributed by atoms with Crippen molar-refractivity contribution in [1.29, 1.82) is 0 Å². The van der Waals surface area contributed by atoms with Crippen LogP contribution in [0, 0.1) is 6.92 Å². The van der Waals surface area contributed by atoms with E-state index in [4.69, 9.17) is 11.6 Å². The quantitative estimate of drug-likeness (QED) is 0.556. The van der Waals surface area contributed by atoms with Crippen LogP contribution < -0.4 is 10.0 Å². The number of halogens is 1. The zero-order valence-corrected chi connectivity index (χ0v) is 16.2. The van der Waals surface area contributed by atoms with Gasteiger partial charge in [-0.2, -0.15) is 5.10 Å². The number of hydrogen-bond acceptors (Lipinski definition) is 6. The molecule has 0 unspecified atom stereocenters. The summed E-state index contributed by atoms with van der Waals surface area (Å²) in [6.45, 7) is 2.40. The minimum Gasteiger partial charge on any atom is -0.369 e. The molecule has 2 N–H and O–H groups in total. The first-order valence-electron chi connectivity index (χ1n) is 8.23. The average Bonchev–Trinajstić information content (AvgIpc) is 3.15. The molecule has 10 heteroatoms. The van der Waals surface area contributed by atoms with Crippen molar-refractivity contribution in [3.05, 3.63) is 65.2 Å². The van der Waals surface area contributed by atoms with E-state index in [1.54, 1.807) is 60.4 Å². The van der Waals surface area contributed by atoms with Crippen LogP contribution in [0.2, 0.25) is 5.02 Å². The highest BCUT2D eigenvalue weighted by Crippen LogP contribution is 2.12. The van der Waals surface area contributed by atoms with Crippen LogP contribution in [0.5, 0.6) is 0 Å². The van der Waals surface area contributed by atoms with Crippen molar-refractivity contribution in [2.75, 3.05) is 18.4 Å². The van der Waals surface area contributed by atoms with Crippen LogP contribution in [0.1, 0.15) is 11.4 Å². The number of nitrogens with one attached hydrogen (secondary N) is 2. The fourth-order valence-electron chi connectivity index (χ4n) is 2.41. The summed E-state index contributed by atoms with van der Waals surface area (Å²) in [5, 5.41) is 7.81. The normalized spacial score (nSPS) is 11.5. The van der Waals surface area contributed by atoms with Crippen LogP contribution in [0.4, 0.5) is 5.82 Å². The first-order chi connectivity index (χ1) is 12.9. The Morgan fingerprint density at radius 2 is 1.93 bits per heavy atom. The van der Waals surface area contributed by atoms with E-state index in [-0.39, 0.29) is 12.3 Å². The number of aromatic nitrogens is 4. The van der Waals surface area contributed by atoms with Gasteiger partial charge in [-0.15, -0.1) is 0 Å².